The molecule has 0 fully saturated rings. The predicted molar refractivity (Wildman–Crippen MR) is 34.2 cm³/mol. The van der Waals surface area contributed by atoms with Gasteiger partial charge in [-0.2, -0.15) is 0 Å². The maximum atomic E-state index is 8.82. The zero-order valence-electron chi connectivity index (χ0n) is 4.96. The third kappa shape index (κ3) is 1.81. The Morgan fingerprint density at radius 1 is 1.88 bits per heavy atom. The van der Waals surface area contributed by atoms with E-state index in [1.165, 1.54) is 0 Å². The SMILES string of the molecule is C#C[C@@H](O)[C@@H](C)C=C. The van der Waals surface area contributed by atoms with Crippen LogP contribution in [0.3, 0.4) is 0 Å². The van der Waals surface area contributed by atoms with Gasteiger partial charge in [0.1, 0.15) is 6.10 Å². The minimum Gasteiger partial charge on any atom is -0.380 e. The smallest absolute Gasteiger partial charge is 0.120 e. The van der Waals surface area contributed by atoms with Crippen molar-refractivity contribution in [3.8, 4) is 12.3 Å². The van der Waals surface area contributed by atoms with Crippen molar-refractivity contribution < 1.29 is 5.11 Å². The van der Waals surface area contributed by atoms with Gasteiger partial charge in [-0.05, 0) is 0 Å². The van der Waals surface area contributed by atoms with Gasteiger partial charge in [0.2, 0.25) is 0 Å². The molecule has 0 radical (unpaired) electrons. The third-order valence-corrected chi connectivity index (χ3v) is 1.04. The Morgan fingerprint density at radius 2 is 2.38 bits per heavy atom. The lowest BCUT2D eigenvalue weighted by atomic mass is 10.1. The monoisotopic (exact) mass is 110 g/mol. The van der Waals surface area contributed by atoms with Crippen LogP contribution in [-0.2, 0) is 0 Å². The van der Waals surface area contributed by atoms with Crippen LogP contribution in [0.15, 0.2) is 12.7 Å². The standard InChI is InChI=1S/C7H10O/c1-4-6(3)7(8)5-2/h2,4,6-8H,1H2,3H3/t6-,7+/m0/s1. The Bertz CT molecular complexity index is 110. The predicted octanol–water partition coefficient (Wildman–Crippen LogP) is 0.803. The van der Waals surface area contributed by atoms with Gasteiger partial charge in [0.15, 0.2) is 0 Å². The van der Waals surface area contributed by atoms with E-state index in [0.29, 0.717) is 0 Å². The number of aliphatic hydroxyl groups is 1. The van der Waals surface area contributed by atoms with Crippen LogP contribution >= 0.6 is 0 Å². The van der Waals surface area contributed by atoms with Crippen molar-refractivity contribution in [2.24, 2.45) is 5.92 Å². The second kappa shape index (κ2) is 3.29. The molecule has 8 heavy (non-hydrogen) atoms. The zero-order valence-corrected chi connectivity index (χ0v) is 4.96. The number of hydrogen-bond acceptors (Lipinski definition) is 1. The molecule has 0 rings (SSSR count). The van der Waals surface area contributed by atoms with E-state index in [9.17, 15) is 0 Å². The van der Waals surface area contributed by atoms with Gasteiger partial charge in [-0.25, -0.2) is 0 Å². The number of aliphatic hydroxyl groups excluding tert-OH is 1. The molecule has 0 heterocycles. The first-order valence-corrected chi connectivity index (χ1v) is 2.49. The Morgan fingerprint density at radius 3 is 2.50 bits per heavy atom. The lowest BCUT2D eigenvalue weighted by Gasteiger charge is -2.05. The van der Waals surface area contributed by atoms with Crippen LogP contribution in [0.5, 0.6) is 0 Å². The van der Waals surface area contributed by atoms with Crippen LogP contribution in [0.1, 0.15) is 6.92 Å². The molecule has 1 N–H and O–H groups in total. The molecule has 1 heteroatoms. The lowest BCUT2D eigenvalue weighted by Crippen LogP contribution is -2.11. The summed E-state index contributed by atoms with van der Waals surface area (Å²) in [5.74, 6) is 2.20. The summed E-state index contributed by atoms with van der Waals surface area (Å²) >= 11 is 0. The fourth-order valence-corrected chi connectivity index (χ4v) is 0.281. The highest BCUT2D eigenvalue weighted by Gasteiger charge is 2.04. The largest absolute Gasteiger partial charge is 0.380 e. The van der Waals surface area contributed by atoms with E-state index in [-0.39, 0.29) is 5.92 Å². The van der Waals surface area contributed by atoms with Gasteiger partial charge in [0.05, 0.1) is 0 Å². The van der Waals surface area contributed by atoms with Crippen LogP contribution in [-0.4, -0.2) is 11.2 Å². The van der Waals surface area contributed by atoms with Crippen LogP contribution in [0, 0.1) is 18.3 Å². The molecule has 0 aromatic carbocycles. The zero-order chi connectivity index (χ0) is 6.57. The van der Waals surface area contributed by atoms with Crippen molar-refractivity contribution in [1.82, 2.24) is 0 Å². The Hall–Kier alpha value is -0.740. The van der Waals surface area contributed by atoms with Crippen LogP contribution in [0.25, 0.3) is 0 Å². The molecule has 0 aromatic heterocycles. The minimum atomic E-state index is -0.674. The average Bonchev–Trinajstić information content (AvgIpc) is 1.84. The topological polar surface area (TPSA) is 20.2 Å². The van der Waals surface area contributed by atoms with Crippen molar-refractivity contribution in [2.75, 3.05) is 0 Å². The maximum absolute atomic E-state index is 8.82. The van der Waals surface area contributed by atoms with Crippen molar-refractivity contribution in [3.63, 3.8) is 0 Å². The average molecular weight is 110 g/mol. The molecule has 2 atom stereocenters. The summed E-state index contributed by atoms with van der Waals surface area (Å²) in [6, 6.07) is 0. The minimum absolute atomic E-state index is 0.000000000000000222. The molecular formula is C7H10O. The fraction of sp³-hybridized carbons (Fsp3) is 0.429. The first-order chi connectivity index (χ1) is 3.72. The van der Waals surface area contributed by atoms with E-state index in [0.717, 1.165) is 0 Å². The molecule has 0 spiro atoms. The van der Waals surface area contributed by atoms with E-state index < -0.39 is 6.10 Å². The fourth-order valence-electron chi connectivity index (χ4n) is 0.281. The van der Waals surface area contributed by atoms with E-state index >= 15 is 0 Å². The van der Waals surface area contributed by atoms with Crippen LogP contribution in [0.2, 0.25) is 0 Å². The summed E-state index contributed by atoms with van der Waals surface area (Å²) in [6.45, 7) is 5.29. The molecule has 0 aromatic rings. The Kier molecular flexibility index (Phi) is 2.98. The Balaban J connectivity index is 3.66. The molecule has 0 aliphatic heterocycles. The van der Waals surface area contributed by atoms with Gasteiger partial charge < -0.3 is 5.11 Å². The summed E-state index contributed by atoms with van der Waals surface area (Å²) in [7, 11) is 0. The van der Waals surface area contributed by atoms with Gasteiger partial charge >= 0.3 is 0 Å². The Labute approximate surface area is 50.0 Å². The van der Waals surface area contributed by atoms with E-state index in [2.05, 4.69) is 12.5 Å². The second-order valence-corrected chi connectivity index (χ2v) is 1.71. The molecule has 0 amide bonds. The van der Waals surface area contributed by atoms with Gasteiger partial charge in [-0.3, -0.25) is 0 Å². The van der Waals surface area contributed by atoms with Crippen molar-refractivity contribution in [1.29, 1.82) is 0 Å². The lowest BCUT2D eigenvalue weighted by molar-refractivity contribution is 0.195. The first-order valence-electron chi connectivity index (χ1n) is 2.49. The molecule has 0 unspecified atom stereocenters. The molecule has 0 aliphatic rings. The van der Waals surface area contributed by atoms with Crippen LogP contribution in [0.4, 0.5) is 0 Å². The quantitative estimate of drug-likeness (QED) is 0.412. The van der Waals surface area contributed by atoms with E-state index in [1.807, 2.05) is 6.92 Å². The van der Waals surface area contributed by atoms with Gasteiger partial charge in [-0.15, -0.1) is 13.0 Å². The molecule has 1 nitrogen and oxygen atoms in total. The van der Waals surface area contributed by atoms with Gasteiger partial charge in [0.25, 0.3) is 0 Å². The first kappa shape index (κ1) is 7.26. The van der Waals surface area contributed by atoms with Crippen LogP contribution < -0.4 is 0 Å². The van der Waals surface area contributed by atoms with Crippen molar-refractivity contribution >= 4 is 0 Å². The maximum Gasteiger partial charge on any atom is 0.120 e. The number of terminal acetylenes is 1. The molecule has 0 aliphatic carbocycles. The summed E-state index contributed by atoms with van der Waals surface area (Å²) in [4.78, 5) is 0. The molecule has 0 bridgehead atoms. The normalized spacial score (nSPS) is 16.1. The van der Waals surface area contributed by atoms with E-state index in [4.69, 9.17) is 11.5 Å². The third-order valence-electron chi connectivity index (χ3n) is 1.04. The molecule has 44 valence electrons. The van der Waals surface area contributed by atoms with Crippen molar-refractivity contribution in [3.05, 3.63) is 12.7 Å². The van der Waals surface area contributed by atoms with Gasteiger partial charge in [-0.1, -0.05) is 18.9 Å². The molecule has 0 saturated heterocycles. The molecule has 0 saturated carbocycles. The number of hydrogen-bond donors (Lipinski definition) is 1. The highest BCUT2D eigenvalue weighted by molar-refractivity contribution is 5.00. The highest BCUT2D eigenvalue weighted by Crippen LogP contribution is 2.00. The highest BCUT2D eigenvalue weighted by atomic mass is 16.3. The summed E-state index contributed by atoms with van der Waals surface area (Å²) in [5.41, 5.74) is 0. The molecular weight excluding hydrogens is 100 g/mol. The van der Waals surface area contributed by atoms with Gasteiger partial charge in [0, 0.05) is 5.92 Å². The summed E-state index contributed by atoms with van der Waals surface area (Å²) in [6.07, 6.45) is 5.86. The summed E-state index contributed by atoms with van der Waals surface area (Å²) < 4.78 is 0. The van der Waals surface area contributed by atoms with E-state index in [1.54, 1.807) is 6.08 Å². The van der Waals surface area contributed by atoms with Crippen molar-refractivity contribution in [2.45, 2.75) is 13.0 Å². The number of rotatable bonds is 2. The second-order valence-electron chi connectivity index (χ2n) is 1.71. The summed E-state index contributed by atoms with van der Waals surface area (Å²) in [5, 5.41) is 8.82.